The zero-order chi connectivity index (χ0) is 12.8. The quantitative estimate of drug-likeness (QED) is 0.706. The van der Waals surface area contributed by atoms with Crippen molar-refractivity contribution in [3.05, 3.63) is 22.4 Å². The fourth-order valence-corrected chi connectivity index (χ4v) is 3.60. The van der Waals surface area contributed by atoms with Crippen molar-refractivity contribution in [2.75, 3.05) is 18.6 Å². The summed E-state index contributed by atoms with van der Waals surface area (Å²) in [7, 11) is 0. The monoisotopic (exact) mass is 284 g/mol. The highest BCUT2D eigenvalue weighted by atomic mass is 32.2. The molecule has 1 atom stereocenters. The first-order chi connectivity index (χ1) is 8.85. The van der Waals surface area contributed by atoms with Crippen molar-refractivity contribution < 1.29 is 0 Å². The predicted molar refractivity (Wildman–Crippen MR) is 83.3 cm³/mol. The Balaban J connectivity index is 1.89. The van der Waals surface area contributed by atoms with Crippen molar-refractivity contribution in [1.82, 2.24) is 4.90 Å². The van der Waals surface area contributed by atoms with Crippen molar-refractivity contribution in [1.29, 1.82) is 0 Å². The molecule has 102 valence electrons. The molecule has 1 saturated carbocycles. The summed E-state index contributed by atoms with van der Waals surface area (Å²) in [6.45, 7) is 1.90. The largest absolute Gasteiger partial charge is 0.329 e. The number of thiophene rings is 1. The highest BCUT2D eigenvalue weighted by Crippen LogP contribution is 2.32. The second-order valence-corrected chi connectivity index (χ2v) is 7.03. The average molecular weight is 284 g/mol. The predicted octanol–water partition coefficient (Wildman–Crippen LogP) is 3.18. The minimum absolute atomic E-state index is 0.576. The van der Waals surface area contributed by atoms with E-state index in [-0.39, 0.29) is 0 Å². The van der Waals surface area contributed by atoms with Gasteiger partial charge in [-0.05, 0) is 49.1 Å². The third kappa shape index (κ3) is 4.26. The summed E-state index contributed by atoms with van der Waals surface area (Å²) >= 11 is 3.80. The minimum Gasteiger partial charge on any atom is -0.329 e. The van der Waals surface area contributed by atoms with Crippen LogP contribution in [0.4, 0.5) is 0 Å². The number of rotatable bonds is 9. The molecule has 1 fully saturated rings. The molecule has 18 heavy (non-hydrogen) atoms. The van der Waals surface area contributed by atoms with E-state index in [0.29, 0.717) is 6.04 Å². The Bertz CT molecular complexity index is 323. The van der Waals surface area contributed by atoms with Crippen molar-refractivity contribution >= 4 is 23.1 Å². The van der Waals surface area contributed by atoms with E-state index in [9.17, 15) is 0 Å². The minimum atomic E-state index is 0.576. The molecular weight excluding hydrogens is 260 g/mol. The average Bonchev–Trinajstić information content (AvgIpc) is 3.10. The second kappa shape index (κ2) is 7.53. The number of hydrogen-bond acceptors (Lipinski definition) is 4. The maximum absolute atomic E-state index is 6.01. The van der Waals surface area contributed by atoms with E-state index in [2.05, 4.69) is 28.7 Å². The molecule has 1 aliphatic carbocycles. The van der Waals surface area contributed by atoms with Crippen molar-refractivity contribution in [2.45, 2.75) is 44.3 Å². The van der Waals surface area contributed by atoms with Gasteiger partial charge in [0.25, 0.3) is 0 Å². The molecule has 1 aliphatic rings. The van der Waals surface area contributed by atoms with Gasteiger partial charge in [0.15, 0.2) is 0 Å². The van der Waals surface area contributed by atoms with Gasteiger partial charge in [-0.1, -0.05) is 6.07 Å². The van der Waals surface area contributed by atoms with Crippen LogP contribution in [-0.4, -0.2) is 35.5 Å². The van der Waals surface area contributed by atoms with E-state index in [1.54, 1.807) is 0 Å². The zero-order valence-electron chi connectivity index (χ0n) is 11.2. The summed E-state index contributed by atoms with van der Waals surface area (Å²) < 4.78 is 0. The number of thioether (sulfide) groups is 1. The molecule has 2 N–H and O–H groups in total. The summed E-state index contributed by atoms with van der Waals surface area (Å²) in [5.41, 5.74) is 6.01. The first-order valence-corrected chi connectivity index (χ1v) is 9.09. The molecule has 0 radical (unpaired) electrons. The van der Waals surface area contributed by atoms with Crippen LogP contribution in [0.1, 0.15) is 30.6 Å². The van der Waals surface area contributed by atoms with Gasteiger partial charge in [-0.25, -0.2) is 0 Å². The van der Waals surface area contributed by atoms with Crippen LogP contribution in [0.3, 0.4) is 0 Å². The SMILES string of the molecule is CSCCCC(CN)N(Cc1cccs1)C1CC1. The zero-order valence-corrected chi connectivity index (χ0v) is 12.8. The van der Waals surface area contributed by atoms with Crippen LogP contribution >= 0.6 is 23.1 Å². The summed E-state index contributed by atoms with van der Waals surface area (Å²) in [4.78, 5) is 4.14. The van der Waals surface area contributed by atoms with Crippen LogP contribution in [0.15, 0.2) is 17.5 Å². The van der Waals surface area contributed by atoms with Gasteiger partial charge in [0.05, 0.1) is 0 Å². The van der Waals surface area contributed by atoms with Crippen LogP contribution in [0.25, 0.3) is 0 Å². The molecule has 2 rings (SSSR count). The van der Waals surface area contributed by atoms with E-state index in [1.807, 2.05) is 23.1 Å². The molecule has 0 amide bonds. The first-order valence-electron chi connectivity index (χ1n) is 6.82. The lowest BCUT2D eigenvalue weighted by atomic mass is 10.1. The molecule has 0 aliphatic heterocycles. The Morgan fingerprint density at radius 1 is 1.56 bits per heavy atom. The molecule has 2 nitrogen and oxygen atoms in total. The van der Waals surface area contributed by atoms with Crippen LogP contribution < -0.4 is 5.73 Å². The lowest BCUT2D eigenvalue weighted by molar-refractivity contribution is 0.173. The Hall–Kier alpha value is -0.0300. The standard InChI is InChI=1S/C14H24N2S2/c1-17-8-2-4-13(10-15)16(12-6-7-12)11-14-5-3-9-18-14/h3,5,9,12-13H,2,4,6-8,10-11,15H2,1H3. The molecule has 1 aromatic heterocycles. The maximum atomic E-state index is 6.01. The van der Waals surface area contributed by atoms with Gasteiger partial charge in [0.2, 0.25) is 0 Å². The van der Waals surface area contributed by atoms with Gasteiger partial charge in [0.1, 0.15) is 0 Å². The number of nitrogens with two attached hydrogens (primary N) is 1. The third-order valence-corrected chi connectivity index (χ3v) is 5.12. The topological polar surface area (TPSA) is 29.3 Å². The lowest BCUT2D eigenvalue weighted by Gasteiger charge is -2.30. The van der Waals surface area contributed by atoms with Gasteiger partial charge in [-0.15, -0.1) is 11.3 Å². The molecule has 0 bridgehead atoms. The van der Waals surface area contributed by atoms with Gasteiger partial charge in [-0.3, -0.25) is 4.90 Å². The molecule has 0 aromatic carbocycles. The summed E-state index contributed by atoms with van der Waals surface area (Å²) in [5, 5.41) is 2.17. The summed E-state index contributed by atoms with van der Waals surface area (Å²) in [6, 6.07) is 5.77. The van der Waals surface area contributed by atoms with Crippen molar-refractivity contribution in [3.63, 3.8) is 0 Å². The first kappa shape index (κ1) is 14.4. The van der Waals surface area contributed by atoms with E-state index in [0.717, 1.165) is 19.1 Å². The highest BCUT2D eigenvalue weighted by molar-refractivity contribution is 7.98. The Morgan fingerprint density at radius 2 is 2.39 bits per heavy atom. The summed E-state index contributed by atoms with van der Waals surface area (Å²) in [6.07, 6.45) is 7.45. The van der Waals surface area contributed by atoms with Crippen LogP contribution in [0.5, 0.6) is 0 Å². The Labute approximate surface area is 119 Å². The number of nitrogens with zero attached hydrogens (tertiary/aromatic N) is 1. The molecular formula is C14H24N2S2. The molecule has 0 saturated heterocycles. The van der Waals surface area contributed by atoms with Crippen molar-refractivity contribution in [2.24, 2.45) is 5.73 Å². The van der Waals surface area contributed by atoms with E-state index in [1.165, 1.54) is 36.3 Å². The van der Waals surface area contributed by atoms with E-state index in [4.69, 9.17) is 5.73 Å². The lowest BCUT2D eigenvalue weighted by Crippen LogP contribution is -2.41. The van der Waals surface area contributed by atoms with E-state index < -0.39 is 0 Å². The maximum Gasteiger partial charge on any atom is 0.0334 e. The van der Waals surface area contributed by atoms with Crippen LogP contribution in [-0.2, 0) is 6.54 Å². The molecule has 4 heteroatoms. The smallest absolute Gasteiger partial charge is 0.0334 e. The normalized spacial score (nSPS) is 17.3. The Kier molecular flexibility index (Phi) is 6.02. The fraction of sp³-hybridized carbons (Fsp3) is 0.714. The fourth-order valence-electron chi connectivity index (χ4n) is 2.43. The molecule has 1 heterocycles. The van der Waals surface area contributed by atoms with Gasteiger partial charge >= 0.3 is 0 Å². The molecule has 1 aromatic rings. The third-order valence-electron chi connectivity index (χ3n) is 3.56. The van der Waals surface area contributed by atoms with Gasteiger partial charge < -0.3 is 5.73 Å². The van der Waals surface area contributed by atoms with Crippen LogP contribution in [0.2, 0.25) is 0 Å². The van der Waals surface area contributed by atoms with Gasteiger partial charge in [-0.2, -0.15) is 11.8 Å². The Morgan fingerprint density at radius 3 is 2.94 bits per heavy atom. The molecule has 1 unspecified atom stereocenters. The highest BCUT2D eigenvalue weighted by Gasteiger charge is 2.33. The number of hydrogen-bond donors (Lipinski definition) is 1. The van der Waals surface area contributed by atoms with Gasteiger partial charge in [0, 0.05) is 30.1 Å². The van der Waals surface area contributed by atoms with E-state index >= 15 is 0 Å². The summed E-state index contributed by atoms with van der Waals surface area (Å²) in [5.74, 6) is 1.26. The van der Waals surface area contributed by atoms with Crippen LogP contribution in [0, 0.1) is 0 Å². The molecule has 0 spiro atoms. The second-order valence-electron chi connectivity index (χ2n) is 5.01. The van der Waals surface area contributed by atoms with Crippen molar-refractivity contribution in [3.8, 4) is 0 Å².